The van der Waals surface area contributed by atoms with E-state index < -0.39 is 54.6 Å². The van der Waals surface area contributed by atoms with Gasteiger partial charge in [-0.05, 0) is 5.75 Å². The third-order valence-electron chi connectivity index (χ3n) is 6.12. The minimum atomic E-state index is -1.70. The standard InChI is InChI=1S/C24H33N5O8S/c1-3-38-10-9-20(33)29(36)24(35)19-11-17(31)21(25-14(2)30)23(37-19)22(34)18(32)13-28-12-16(26-27-28)15-7-5-4-6-8-15/h4-8,12,17-23,31-34H,3,9-11,13H2,1-2H3/p+1. The largest absolute Gasteiger partial charge is 0.464 e. The molecule has 208 valence electrons. The van der Waals surface area contributed by atoms with E-state index in [2.05, 4.69) is 15.6 Å². The molecule has 14 heteroatoms. The number of benzene rings is 1. The van der Waals surface area contributed by atoms with E-state index in [0.29, 0.717) is 11.4 Å². The van der Waals surface area contributed by atoms with E-state index in [0.717, 1.165) is 11.3 Å². The second-order valence-corrected chi connectivity index (χ2v) is 10.4. The smallest absolute Gasteiger partial charge is 0.391 e. The lowest BCUT2D eigenvalue weighted by Crippen LogP contribution is -2.64. The zero-order valence-electron chi connectivity index (χ0n) is 21.2. The molecule has 5 N–H and O–H groups in total. The van der Waals surface area contributed by atoms with Gasteiger partial charge in [0.1, 0.15) is 28.8 Å². The Balaban J connectivity index is 1.72. The number of aromatic nitrogens is 3. The summed E-state index contributed by atoms with van der Waals surface area (Å²) < 4.78 is 6.90. The summed E-state index contributed by atoms with van der Waals surface area (Å²) in [5, 5.41) is 53.0. The van der Waals surface area contributed by atoms with Gasteiger partial charge >= 0.3 is 12.1 Å². The first kappa shape index (κ1) is 29.8. The van der Waals surface area contributed by atoms with Crippen LogP contribution in [0, 0.1) is 4.91 Å². The molecule has 1 aliphatic heterocycles. The highest BCUT2D eigenvalue weighted by atomic mass is 32.2. The molecule has 7 atom stereocenters. The minimum Gasteiger partial charge on any atom is -0.391 e. The fourth-order valence-corrected chi connectivity index (χ4v) is 4.83. The minimum absolute atomic E-state index is 0.0468. The fraction of sp³-hybridized carbons (Fsp3) is 0.583. The summed E-state index contributed by atoms with van der Waals surface area (Å²) in [6.07, 6.45) is -7.90. The third kappa shape index (κ3) is 7.65. The monoisotopic (exact) mass is 552 g/mol. The van der Waals surface area contributed by atoms with Crippen LogP contribution in [0.1, 0.15) is 26.7 Å². The van der Waals surface area contributed by atoms with E-state index in [1.807, 2.05) is 37.3 Å². The van der Waals surface area contributed by atoms with E-state index in [1.54, 1.807) is 6.20 Å². The lowest BCUT2D eigenvalue weighted by atomic mass is 9.89. The number of nitrogens with zero attached hydrogens (tertiary/aromatic N) is 4. The van der Waals surface area contributed by atoms with Crippen LogP contribution in [0.2, 0.25) is 0 Å². The number of carbonyl (C=O) groups is 2. The Kier molecular flexibility index (Phi) is 10.9. The molecule has 2 heterocycles. The summed E-state index contributed by atoms with van der Waals surface area (Å²) in [5.41, 5.74) is 1.35. The normalized spacial score (nSPS) is 23.8. The molecule has 0 aliphatic carbocycles. The Morgan fingerprint density at radius 1 is 1.26 bits per heavy atom. The molecule has 13 nitrogen and oxygen atoms in total. The Hall–Kier alpha value is -2.75. The zero-order chi connectivity index (χ0) is 27.8. The average molecular weight is 553 g/mol. The molecule has 38 heavy (non-hydrogen) atoms. The van der Waals surface area contributed by atoms with Gasteiger partial charge in [-0.1, -0.05) is 42.5 Å². The van der Waals surface area contributed by atoms with Gasteiger partial charge < -0.3 is 30.5 Å². The zero-order valence-corrected chi connectivity index (χ0v) is 22.0. The summed E-state index contributed by atoms with van der Waals surface area (Å²) in [6, 6.07) is 8.03. The van der Waals surface area contributed by atoms with Crippen LogP contribution in [-0.2, 0) is 20.9 Å². The van der Waals surface area contributed by atoms with Crippen LogP contribution in [0.15, 0.2) is 36.5 Å². The van der Waals surface area contributed by atoms with Crippen molar-refractivity contribution in [2.24, 2.45) is 0 Å². The molecular weight excluding hydrogens is 518 g/mol. The SMILES string of the molecule is CCSCCC(O)[N+](=O)C(=O)C1CC(O)C(NC(C)=O)C(C(O)C(O)Cn2cc(-c3ccccc3)nn2)O1. The van der Waals surface area contributed by atoms with Gasteiger partial charge in [-0.3, -0.25) is 4.79 Å². The number of hydrogen-bond acceptors (Lipinski definition) is 11. The summed E-state index contributed by atoms with van der Waals surface area (Å²) in [5.74, 6) is -0.419. The van der Waals surface area contributed by atoms with Crippen molar-refractivity contribution in [1.29, 1.82) is 0 Å². The van der Waals surface area contributed by atoms with Crippen LogP contribution in [0.4, 0.5) is 0 Å². The molecule has 3 rings (SSSR count). The Bertz CT molecular complexity index is 1090. The lowest BCUT2D eigenvalue weighted by molar-refractivity contribution is -0.559. The summed E-state index contributed by atoms with van der Waals surface area (Å²) in [6.45, 7) is 2.91. The summed E-state index contributed by atoms with van der Waals surface area (Å²) >= 11 is 1.50. The van der Waals surface area contributed by atoms with Gasteiger partial charge in [0.25, 0.3) is 0 Å². The predicted octanol–water partition coefficient (Wildman–Crippen LogP) is -0.543. The molecule has 0 spiro atoms. The van der Waals surface area contributed by atoms with E-state index in [-0.39, 0.29) is 24.1 Å². The predicted molar refractivity (Wildman–Crippen MR) is 137 cm³/mol. The molecule has 1 aromatic carbocycles. The number of amides is 2. The number of thioether (sulfide) groups is 1. The number of aliphatic hydroxyl groups is 4. The molecule has 1 aromatic heterocycles. The van der Waals surface area contributed by atoms with Crippen LogP contribution in [0.25, 0.3) is 11.3 Å². The van der Waals surface area contributed by atoms with E-state index >= 15 is 0 Å². The van der Waals surface area contributed by atoms with Gasteiger partial charge in [-0.25, -0.2) is 9.48 Å². The van der Waals surface area contributed by atoms with Gasteiger partial charge in [-0.15, -0.1) is 5.10 Å². The number of rotatable bonds is 12. The highest BCUT2D eigenvalue weighted by Crippen LogP contribution is 2.26. The molecular formula is C24H34N5O8S+. The van der Waals surface area contributed by atoms with Gasteiger partial charge in [0.05, 0.1) is 31.3 Å². The first-order chi connectivity index (χ1) is 18.1. The topological polar surface area (TPSA) is 187 Å². The molecule has 1 aliphatic rings. The fourth-order valence-electron chi connectivity index (χ4n) is 4.17. The first-order valence-electron chi connectivity index (χ1n) is 12.3. The van der Waals surface area contributed by atoms with Crippen molar-refractivity contribution in [1.82, 2.24) is 20.3 Å². The number of nitroso groups, excluding NO2 is 1. The Labute approximate surface area is 223 Å². The van der Waals surface area contributed by atoms with Crippen molar-refractivity contribution in [2.45, 2.75) is 76.0 Å². The van der Waals surface area contributed by atoms with Crippen LogP contribution in [0.3, 0.4) is 0 Å². The van der Waals surface area contributed by atoms with Gasteiger partial charge in [0.15, 0.2) is 6.10 Å². The van der Waals surface area contributed by atoms with Crippen molar-refractivity contribution in [3.8, 4) is 11.3 Å². The molecule has 1 fully saturated rings. The van der Waals surface area contributed by atoms with Gasteiger partial charge in [0.2, 0.25) is 5.91 Å². The van der Waals surface area contributed by atoms with E-state index in [9.17, 15) is 34.9 Å². The highest BCUT2D eigenvalue weighted by Gasteiger charge is 2.50. The maximum Gasteiger partial charge on any atom is 0.464 e. The molecule has 0 radical (unpaired) electrons. The molecule has 2 amide bonds. The van der Waals surface area contributed by atoms with Gasteiger partial charge in [0, 0.05) is 29.6 Å². The van der Waals surface area contributed by atoms with Crippen LogP contribution >= 0.6 is 11.8 Å². The quantitative estimate of drug-likeness (QED) is 0.129. The highest BCUT2D eigenvalue weighted by molar-refractivity contribution is 7.99. The van der Waals surface area contributed by atoms with Crippen molar-refractivity contribution in [3.63, 3.8) is 0 Å². The Morgan fingerprint density at radius 2 is 1.97 bits per heavy atom. The maximum atomic E-state index is 12.8. The second-order valence-electron chi connectivity index (χ2n) is 9.00. The maximum absolute atomic E-state index is 12.8. The lowest BCUT2D eigenvalue weighted by Gasteiger charge is -2.41. The molecule has 2 aromatic rings. The Morgan fingerprint density at radius 3 is 2.63 bits per heavy atom. The van der Waals surface area contributed by atoms with Crippen molar-refractivity contribution in [3.05, 3.63) is 41.4 Å². The van der Waals surface area contributed by atoms with E-state index in [1.165, 1.54) is 23.4 Å². The molecule has 7 unspecified atom stereocenters. The first-order valence-corrected chi connectivity index (χ1v) is 13.5. The van der Waals surface area contributed by atoms with Crippen LogP contribution in [-0.4, -0.2) is 106 Å². The summed E-state index contributed by atoms with van der Waals surface area (Å²) in [4.78, 5) is 36.9. The number of ether oxygens (including phenoxy) is 1. The molecule has 0 bridgehead atoms. The van der Waals surface area contributed by atoms with Gasteiger partial charge in [-0.2, -0.15) is 11.8 Å². The van der Waals surface area contributed by atoms with Crippen molar-refractivity contribution in [2.75, 3.05) is 11.5 Å². The summed E-state index contributed by atoms with van der Waals surface area (Å²) in [7, 11) is 0. The number of carbonyl (C=O) groups excluding carboxylic acids is 2. The third-order valence-corrected chi connectivity index (χ3v) is 7.05. The van der Waals surface area contributed by atoms with Crippen LogP contribution < -0.4 is 5.32 Å². The number of hydrogen-bond donors (Lipinski definition) is 5. The average Bonchev–Trinajstić information content (AvgIpc) is 3.37. The van der Waals surface area contributed by atoms with Crippen molar-refractivity contribution < 1.29 is 39.5 Å². The number of aliphatic hydroxyl groups excluding tert-OH is 4. The van der Waals surface area contributed by atoms with Crippen LogP contribution in [0.5, 0.6) is 0 Å². The molecule has 1 saturated heterocycles. The number of nitrogens with one attached hydrogen (secondary N) is 1. The van der Waals surface area contributed by atoms with E-state index in [4.69, 9.17) is 4.74 Å². The molecule has 0 saturated carbocycles. The van der Waals surface area contributed by atoms with Crippen molar-refractivity contribution >= 4 is 23.6 Å². The second kappa shape index (κ2) is 13.9.